The van der Waals surface area contributed by atoms with Gasteiger partial charge in [-0.2, -0.15) is 0 Å². The lowest BCUT2D eigenvalue weighted by atomic mass is 10.2. The monoisotopic (exact) mass is 484 g/mol. The molecule has 1 saturated heterocycles. The number of halogens is 3. The highest BCUT2D eigenvalue weighted by Crippen LogP contribution is 2.55. The van der Waals surface area contributed by atoms with Gasteiger partial charge in [0, 0.05) is 23.2 Å². The summed E-state index contributed by atoms with van der Waals surface area (Å²) in [5, 5.41) is 10.1. The molecule has 14 heteroatoms. The Labute approximate surface area is 180 Å². The molecule has 2 N–H and O–H groups in total. The first-order valence-electron chi connectivity index (χ1n) is 9.32. The van der Waals surface area contributed by atoms with Crippen LogP contribution in [0.3, 0.4) is 0 Å². The molecule has 2 aliphatic rings. The molecule has 4 rings (SSSR count). The predicted molar refractivity (Wildman–Crippen MR) is 101 cm³/mol. The lowest BCUT2D eigenvalue weighted by Crippen LogP contribution is -2.36. The van der Waals surface area contributed by atoms with Crippen LogP contribution in [0, 0.1) is 0 Å². The van der Waals surface area contributed by atoms with Crippen LogP contribution in [0.1, 0.15) is 21.0 Å². The van der Waals surface area contributed by atoms with Crippen LogP contribution in [0.15, 0.2) is 34.0 Å². The van der Waals surface area contributed by atoms with Crippen LogP contribution < -0.4 is 15.8 Å². The van der Waals surface area contributed by atoms with E-state index in [2.05, 4.69) is 0 Å². The topological polar surface area (TPSA) is 129 Å². The van der Waals surface area contributed by atoms with Crippen molar-refractivity contribution in [3.05, 3.63) is 60.8 Å². The van der Waals surface area contributed by atoms with Crippen LogP contribution in [-0.4, -0.2) is 33.2 Å². The molecule has 1 fully saturated rings. The molecule has 162 valence electrons. The molecule has 0 radical (unpaired) electrons. The maximum absolute atomic E-state index is 15.5. The van der Waals surface area contributed by atoms with E-state index >= 15 is 4.39 Å². The van der Waals surface area contributed by atoms with E-state index < -0.39 is 55.3 Å². The van der Waals surface area contributed by atoms with E-state index in [1.54, 1.807) is 0 Å². The molecule has 10 nitrogen and oxygen atoms in total. The number of aromatic nitrogens is 2. The van der Waals surface area contributed by atoms with Crippen LogP contribution in [0.4, 0.5) is 4.39 Å². The number of rotatable bonds is 4. The number of phosphoric acid groups is 1. The molecule has 1 aromatic carbocycles. The minimum Gasteiger partial charge on any atom is -0.404 e. The van der Waals surface area contributed by atoms with Gasteiger partial charge in [-0.25, -0.2) is 13.8 Å². The van der Waals surface area contributed by atoms with Gasteiger partial charge in [-0.05, 0) is 18.2 Å². The second-order valence-electron chi connectivity index (χ2n) is 6.41. The minimum absolute atomic E-state index is 0.0346. The molecule has 2 aromatic rings. The second kappa shape index (κ2) is 7.76. The summed E-state index contributed by atoms with van der Waals surface area (Å²) < 4.78 is 64.7. The van der Waals surface area contributed by atoms with E-state index in [-0.39, 0.29) is 12.4 Å². The van der Waals surface area contributed by atoms with Crippen molar-refractivity contribution in [1.82, 2.24) is 9.55 Å². The Kier molecular flexibility index (Phi) is 4.91. The fourth-order valence-electron chi connectivity index (χ4n) is 2.86. The molecule has 2 aliphatic heterocycles. The largest absolute Gasteiger partial charge is 0.530 e. The van der Waals surface area contributed by atoms with E-state index in [9.17, 15) is 19.3 Å². The molecular formula is C16H14Cl2FN2O8P. The van der Waals surface area contributed by atoms with Gasteiger partial charge in [0.15, 0.2) is 6.23 Å². The van der Waals surface area contributed by atoms with Gasteiger partial charge < -0.3 is 14.4 Å². The highest BCUT2D eigenvalue weighted by Gasteiger charge is 2.50. The smallest absolute Gasteiger partial charge is 0.404 e. The SMILES string of the molecule is [2H]C([2H])(OP1(=O)OCc2cc(Cl)ccc2O1)[C@]1(F)C[C@@H](O)[C@H](n2cc(Cl)c(=O)[nH]c2=O)O1. The minimum atomic E-state index is -4.67. The zero-order valence-electron chi connectivity index (χ0n) is 16.7. The van der Waals surface area contributed by atoms with Crippen molar-refractivity contribution in [2.24, 2.45) is 0 Å². The average molecular weight is 485 g/mol. The number of aliphatic hydroxyl groups is 1. The molecule has 1 aromatic heterocycles. The number of alkyl halides is 1. The summed E-state index contributed by atoms with van der Waals surface area (Å²) in [6.45, 7) is -3.79. The maximum atomic E-state index is 15.5. The number of phosphoric ester groups is 1. The summed E-state index contributed by atoms with van der Waals surface area (Å²) >= 11 is 11.5. The van der Waals surface area contributed by atoms with Gasteiger partial charge in [0.05, 0.1) is 9.35 Å². The van der Waals surface area contributed by atoms with Crippen LogP contribution in [0.5, 0.6) is 5.75 Å². The normalized spacial score (nSPS) is 32.1. The summed E-state index contributed by atoms with van der Waals surface area (Å²) in [6.07, 6.45) is -3.77. The Balaban J connectivity index is 1.58. The van der Waals surface area contributed by atoms with Gasteiger partial charge >= 0.3 is 13.5 Å². The number of aliphatic hydroxyl groups excluding tert-OH is 1. The fraction of sp³-hybridized carbons (Fsp3) is 0.375. The zero-order chi connectivity index (χ0) is 23.5. The Morgan fingerprint density at radius 2 is 2.23 bits per heavy atom. The number of benzene rings is 1. The van der Waals surface area contributed by atoms with Crippen molar-refractivity contribution in [3.63, 3.8) is 0 Å². The van der Waals surface area contributed by atoms with Crippen molar-refractivity contribution in [2.45, 2.75) is 31.2 Å². The average Bonchev–Trinajstić information content (AvgIpc) is 3.00. The number of fused-ring (bicyclic) bond motifs is 1. The number of hydrogen-bond donors (Lipinski definition) is 2. The summed E-state index contributed by atoms with van der Waals surface area (Å²) in [5.41, 5.74) is -1.60. The van der Waals surface area contributed by atoms with E-state index in [1.807, 2.05) is 4.98 Å². The molecule has 3 heterocycles. The van der Waals surface area contributed by atoms with Crippen molar-refractivity contribution in [1.29, 1.82) is 0 Å². The third-order valence-corrected chi connectivity index (χ3v) is 5.91. The first-order chi connectivity index (χ1) is 14.8. The Morgan fingerprint density at radius 1 is 1.47 bits per heavy atom. The van der Waals surface area contributed by atoms with E-state index in [4.69, 9.17) is 44.3 Å². The van der Waals surface area contributed by atoms with Crippen molar-refractivity contribution >= 4 is 31.0 Å². The highest BCUT2D eigenvalue weighted by molar-refractivity contribution is 7.49. The molecular weight excluding hydrogens is 469 g/mol. The Bertz CT molecular complexity index is 1240. The first kappa shape index (κ1) is 19.0. The second-order valence-corrected chi connectivity index (χ2v) is 8.77. The third kappa shape index (κ3) is 4.19. The zero-order valence-corrected chi connectivity index (χ0v) is 17.1. The van der Waals surface area contributed by atoms with Crippen molar-refractivity contribution < 1.29 is 35.1 Å². The van der Waals surface area contributed by atoms with Gasteiger partial charge in [0.1, 0.15) is 23.4 Å². The maximum Gasteiger partial charge on any atom is 0.530 e. The Morgan fingerprint density at radius 3 is 3.00 bits per heavy atom. The molecule has 1 unspecified atom stereocenters. The van der Waals surface area contributed by atoms with Crippen molar-refractivity contribution in [2.75, 3.05) is 6.56 Å². The van der Waals surface area contributed by atoms with Crippen LogP contribution in [-0.2, 0) is 25.0 Å². The van der Waals surface area contributed by atoms with E-state index in [0.29, 0.717) is 15.2 Å². The quantitative estimate of drug-likeness (QED) is 0.633. The number of ether oxygens (including phenoxy) is 1. The molecule has 0 spiro atoms. The van der Waals surface area contributed by atoms with E-state index in [0.717, 1.165) is 6.20 Å². The molecule has 4 atom stereocenters. The van der Waals surface area contributed by atoms with Gasteiger partial charge in [-0.1, -0.05) is 23.2 Å². The van der Waals surface area contributed by atoms with Gasteiger partial charge in [0.2, 0.25) is 5.85 Å². The molecule has 30 heavy (non-hydrogen) atoms. The van der Waals surface area contributed by atoms with Crippen LogP contribution in [0.2, 0.25) is 10.0 Å². The van der Waals surface area contributed by atoms with Crippen molar-refractivity contribution in [3.8, 4) is 5.75 Å². The lowest BCUT2D eigenvalue weighted by molar-refractivity contribution is -0.179. The summed E-state index contributed by atoms with van der Waals surface area (Å²) in [7, 11) is -4.67. The molecule has 0 aliphatic carbocycles. The van der Waals surface area contributed by atoms with Gasteiger partial charge in [-0.3, -0.25) is 23.4 Å². The number of nitrogens with zero attached hydrogens (tertiary/aromatic N) is 1. The van der Waals surface area contributed by atoms with Crippen LogP contribution in [0.25, 0.3) is 0 Å². The molecule has 0 bridgehead atoms. The van der Waals surface area contributed by atoms with Crippen LogP contribution >= 0.6 is 31.0 Å². The number of aromatic amines is 1. The fourth-order valence-corrected chi connectivity index (χ4v) is 4.31. The number of H-pyrrole nitrogens is 1. The predicted octanol–water partition coefficient (Wildman–Crippen LogP) is 2.52. The third-order valence-electron chi connectivity index (χ3n) is 4.23. The highest BCUT2D eigenvalue weighted by atomic mass is 35.5. The lowest BCUT2D eigenvalue weighted by Gasteiger charge is -2.27. The molecule has 0 saturated carbocycles. The number of hydrogen-bond acceptors (Lipinski definition) is 8. The van der Waals surface area contributed by atoms with Gasteiger partial charge in [0.25, 0.3) is 5.56 Å². The van der Waals surface area contributed by atoms with Gasteiger partial charge in [-0.15, -0.1) is 0 Å². The summed E-state index contributed by atoms with van der Waals surface area (Å²) in [5.74, 6) is -3.36. The summed E-state index contributed by atoms with van der Waals surface area (Å²) in [4.78, 5) is 25.3. The first-order valence-corrected chi connectivity index (χ1v) is 10.5. The molecule has 0 amide bonds. The standard InChI is InChI=1S/C16H14Cl2FN2O8P/c17-9-1-2-12-8(3-9)6-26-30(25,29-12)27-7-16(19)4-11(22)14(28-16)21-5-10(18)13(23)20-15(21)24/h1-3,5,11,14,22H,4,6-7H2,(H,20,23,24)/t11-,14-,16+,30?/m1/s1/i7D2. The Hall–Kier alpha value is -1.72. The van der Waals surface area contributed by atoms with E-state index in [1.165, 1.54) is 18.2 Å². The summed E-state index contributed by atoms with van der Waals surface area (Å²) in [6, 6.07) is 4.25. The number of nitrogens with one attached hydrogen (secondary N) is 1.